The van der Waals surface area contributed by atoms with Crippen LogP contribution in [0.2, 0.25) is 0 Å². The Labute approximate surface area is 179 Å². The maximum Gasteiger partial charge on any atom is 0.126 e. The van der Waals surface area contributed by atoms with Gasteiger partial charge in [-0.25, -0.2) is 0 Å². The van der Waals surface area contributed by atoms with Gasteiger partial charge in [-0.1, -0.05) is 23.3 Å². The lowest BCUT2D eigenvalue weighted by Gasteiger charge is -2.38. The largest absolute Gasteiger partial charge is 0.487 e. The molecule has 2 rings (SSSR count). The summed E-state index contributed by atoms with van der Waals surface area (Å²) in [5.41, 5.74) is 9.77. The standard InChI is InChI=1S/C27H42O2/c1-19(11-8-12-20(2)14-10-18-28)13-9-16-27(7)17-15-25-23(5)21(3)22(4)24(6)26(25)29-27/h12-13,28H,8-11,14-18H2,1-7H3/b19-13+,20-12+/t27-/m1/s1. The number of aliphatic hydroxyl groups is 1. The van der Waals surface area contributed by atoms with Crippen molar-refractivity contribution < 1.29 is 9.84 Å². The monoisotopic (exact) mass is 398 g/mol. The molecule has 0 aliphatic carbocycles. The summed E-state index contributed by atoms with van der Waals surface area (Å²) in [6.07, 6.45) is 13.2. The van der Waals surface area contributed by atoms with Gasteiger partial charge in [-0.2, -0.15) is 0 Å². The maximum absolute atomic E-state index is 8.92. The predicted octanol–water partition coefficient (Wildman–Crippen LogP) is 7.23. The van der Waals surface area contributed by atoms with E-state index in [9.17, 15) is 0 Å². The fourth-order valence-corrected chi connectivity index (χ4v) is 4.39. The molecule has 0 spiro atoms. The van der Waals surface area contributed by atoms with E-state index in [0.717, 1.165) is 57.1 Å². The van der Waals surface area contributed by atoms with Gasteiger partial charge in [-0.15, -0.1) is 0 Å². The molecule has 0 unspecified atom stereocenters. The Balaban J connectivity index is 1.92. The summed E-state index contributed by atoms with van der Waals surface area (Å²) in [5.74, 6) is 1.16. The zero-order valence-electron chi connectivity index (χ0n) is 19.9. The van der Waals surface area contributed by atoms with Gasteiger partial charge < -0.3 is 9.84 Å². The van der Waals surface area contributed by atoms with Crippen LogP contribution < -0.4 is 4.74 Å². The van der Waals surface area contributed by atoms with Crippen molar-refractivity contribution in [3.05, 3.63) is 51.1 Å². The lowest BCUT2D eigenvalue weighted by Crippen LogP contribution is -2.37. The summed E-state index contributed by atoms with van der Waals surface area (Å²) < 4.78 is 6.64. The Kier molecular flexibility index (Phi) is 8.58. The maximum atomic E-state index is 8.92. The molecule has 0 saturated heterocycles. The van der Waals surface area contributed by atoms with Crippen LogP contribution >= 0.6 is 0 Å². The van der Waals surface area contributed by atoms with Gasteiger partial charge in [0.1, 0.15) is 11.4 Å². The van der Waals surface area contributed by atoms with E-state index >= 15 is 0 Å². The highest BCUT2D eigenvalue weighted by molar-refractivity contribution is 5.55. The fourth-order valence-electron chi connectivity index (χ4n) is 4.39. The molecule has 0 saturated carbocycles. The molecule has 1 aromatic carbocycles. The van der Waals surface area contributed by atoms with E-state index in [0.29, 0.717) is 0 Å². The summed E-state index contributed by atoms with van der Waals surface area (Å²) in [6, 6.07) is 0. The average Bonchev–Trinajstić information content (AvgIpc) is 2.69. The third kappa shape index (κ3) is 6.22. The number of hydrogen-bond donors (Lipinski definition) is 1. The number of allylic oxidation sites excluding steroid dienone is 4. The zero-order chi connectivity index (χ0) is 21.6. The molecule has 1 heterocycles. The quantitative estimate of drug-likeness (QED) is 0.445. The van der Waals surface area contributed by atoms with Crippen molar-refractivity contribution in [3.8, 4) is 5.75 Å². The van der Waals surface area contributed by atoms with Gasteiger partial charge in [-0.3, -0.25) is 0 Å². The zero-order valence-corrected chi connectivity index (χ0v) is 19.9. The molecule has 1 aliphatic heterocycles. The highest BCUT2D eigenvalue weighted by atomic mass is 16.5. The molecule has 0 fully saturated rings. The second-order valence-corrected chi connectivity index (χ2v) is 9.37. The molecule has 1 N–H and O–H groups in total. The highest BCUT2D eigenvalue weighted by Gasteiger charge is 2.33. The summed E-state index contributed by atoms with van der Waals surface area (Å²) in [6.45, 7) is 15.9. The lowest BCUT2D eigenvalue weighted by atomic mass is 9.83. The molecule has 1 aliphatic rings. The fraction of sp³-hybridized carbons (Fsp3) is 0.630. The van der Waals surface area contributed by atoms with Crippen LogP contribution in [0.4, 0.5) is 0 Å². The first-order valence-corrected chi connectivity index (χ1v) is 11.4. The van der Waals surface area contributed by atoms with Crippen molar-refractivity contribution in [1.29, 1.82) is 0 Å². The van der Waals surface area contributed by atoms with E-state index in [2.05, 4.69) is 60.6 Å². The summed E-state index contributed by atoms with van der Waals surface area (Å²) in [7, 11) is 0. The van der Waals surface area contributed by atoms with Gasteiger partial charge in [0.2, 0.25) is 0 Å². The van der Waals surface area contributed by atoms with E-state index < -0.39 is 0 Å². The van der Waals surface area contributed by atoms with Crippen molar-refractivity contribution in [2.45, 2.75) is 105 Å². The number of hydrogen-bond acceptors (Lipinski definition) is 2. The van der Waals surface area contributed by atoms with Crippen LogP contribution in [0.1, 0.15) is 93.5 Å². The third-order valence-electron chi connectivity index (χ3n) is 6.93. The molecule has 1 atom stereocenters. The second-order valence-electron chi connectivity index (χ2n) is 9.37. The molecular formula is C27H42O2. The van der Waals surface area contributed by atoms with Gasteiger partial charge in [-0.05, 0) is 128 Å². The predicted molar refractivity (Wildman–Crippen MR) is 125 cm³/mol. The van der Waals surface area contributed by atoms with Crippen LogP contribution in [0.25, 0.3) is 0 Å². The summed E-state index contributed by atoms with van der Waals surface area (Å²) in [4.78, 5) is 0. The minimum absolute atomic E-state index is 0.0660. The van der Waals surface area contributed by atoms with Crippen molar-refractivity contribution in [1.82, 2.24) is 0 Å². The van der Waals surface area contributed by atoms with E-state index in [1.54, 1.807) is 0 Å². The molecule has 1 aromatic rings. The average molecular weight is 399 g/mol. The third-order valence-corrected chi connectivity index (χ3v) is 6.93. The van der Waals surface area contributed by atoms with Crippen LogP contribution in [-0.4, -0.2) is 17.3 Å². The smallest absolute Gasteiger partial charge is 0.126 e. The molecule has 0 amide bonds. The number of aliphatic hydroxyl groups excluding tert-OH is 1. The van der Waals surface area contributed by atoms with Crippen LogP contribution in [0.3, 0.4) is 0 Å². The van der Waals surface area contributed by atoms with Crippen molar-refractivity contribution >= 4 is 0 Å². The summed E-state index contributed by atoms with van der Waals surface area (Å²) in [5, 5.41) is 8.92. The molecule has 2 heteroatoms. The lowest BCUT2D eigenvalue weighted by molar-refractivity contribution is 0.0560. The normalized spacial score (nSPS) is 19.9. The molecule has 29 heavy (non-hydrogen) atoms. The van der Waals surface area contributed by atoms with Crippen LogP contribution in [0.5, 0.6) is 5.75 Å². The molecule has 0 radical (unpaired) electrons. The number of rotatable bonds is 9. The Hall–Kier alpha value is -1.54. The Morgan fingerprint density at radius 1 is 0.931 bits per heavy atom. The molecule has 2 nitrogen and oxygen atoms in total. The van der Waals surface area contributed by atoms with Gasteiger partial charge in [0.15, 0.2) is 0 Å². The van der Waals surface area contributed by atoms with E-state index in [-0.39, 0.29) is 12.2 Å². The molecule has 0 aromatic heterocycles. The topological polar surface area (TPSA) is 29.5 Å². The minimum Gasteiger partial charge on any atom is -0.487 e. The molecule has 162 valence electrons. The first kappa shape index (κ1) is 23.7. The number of benzene rings is 1. The Bertz CT molecular complexity index is 769. The number of fused-ring (bicyclic) bond motifs is 1. The molecule has 0 bridgehead atoms. The van der Waals surface area contributed by atoms with E-state index in [1.165, 1.54) is 39.0 Å². The van der Waals surface area contributed by atoms with Crippen LogP contribution in [-0.2, 0) is 6.42 Å². The Morgan fingerprint density at radius 3 is 2.24 bits per heavy atom. The van der Waals surface area contributed by atoms with E-state index in [4.69, 9.17) is 9.84 Å². The SMILES string of the molecule is C/C(=C\CC[C@]1(C)CCc2c(C)c(C)c(C)c(C)c2O1)CC/C=C(\C)CCCO. The first-order valence-electron chi connectivity index (χ1n) is 11.4. The van der Waals surface area contributed by atoms with Gasteiger partial charge >= 0.3 is 0 Å². The van der Waals surface area contributed by atoms with Crippen molar-refractivity contribution in [2.75, 3.05) is 6.61 Å². The van der Waals surface area contributed by atoms with Crippen molar-refractivity contribution in [3.63, 3.8) is 0 Å². The first-order chi connectivity index (χ1) is 13.7. The second kappa shape index (κ2) is 10.5. The highest BCUT2D eigenvalue weighted by Crippen LogP contribution is 2.42. The van der Waals surface area contributed by atoms with Crippen LogP contribution in [0.15, 0.2) is 23.3 Å². The van der Waals surface area contributed by atoms with Crippen molar-refractivity contribution in [2.24, 2.45) is 0 Å². The Morgan fingerprint density at radius 2 is 1.55 bits per heavy atom. The van der Waals surface area contributed by atoms with E-state index in [1.807, 2.05) is 0 Å². The van der Waals surface area contributed by atoms with Gasteiger partial charge in [0.25, 0.3) is 0 Å². The molecular weight excluding hydrogens is 356 g/mol. The minimum atomic E-state index is -0.0660. The van der Waals surface area contributed by atoms with Gasteiger partial charge in [0.05, 0.1) is 0 Å². The van der Waals surface area contributed by atoms with Crippen LogP contribution in [0, 0.1) is 27.7 Å². The summed E-state index contributed by atoms with van der Waals surface area (Å²) >= 11 is 0. The number of ether oxygens (including phenoxy) is 1. The van der Waals surface area contributed by atoms with Gasteiger partial charge in [0, 0.05) is 6.61 Å².